The number of hydrogen-bond acceptors (Lipinski definition) is 4. The minimum atomic E-state index is -0.457. The predicted octanol–water partition coefficient (Wildman–Crippen LogP) is 0.0768. The van der Waals surface area contributed by atoms with Gasteiger partial charge in [-0.15, -0.1) is 0 Å². The summed E-state index contributed by atoms with van der Waals surface area (Å²) in [4.78, 5) is 14.5. The molecule has 0 aromatic carbocycles. The fourth-order valence-electron chi connectivity index (χ4n) is 3.22. The molecule has 1 aliphatic carbocycles. The highest BCUT2D eigenvalue weighted by atomic mass is 16.3. The zero-order chi connectivity index (χ0) is 13.9. The van der Waals surface area contributed by atoms with Crippen molar-refractivity contribution in [1.82, 2.24) is 10.2 Å². The Hall–Kier alpha value is -0.650. The number of aliphatic hydroxyl groups is 1. The number of carbonyl (C=O) groups excluding carboxylic acids is 1. The lowest BCUT2D eigenvalue weighted by atomic mass is 9.77. The molecule has 5 heteroatoms. The van der Waals surface area contributed by atoms with Gasteiger partial charge >= 0.3 is 0 Å². The van der Waals surface area contributed by atoms with Crippen molar-refractivity contribution in [3.8, 4) is 0 Å². The Morgan fingerprint density at radius 2 is 2.11 bits per heavy atom. The zero-order valence-electron chi connectivity index (χ0n) is 11.9. The first kappa shape index (κ1) is 14.8. The highest BCUT2D eigenvalue weighted by Crippen LogP contribution is 2.30. The van der Waals surface area contributed by atoms with Gasteiger partial charge in [-0.25, -0.2) is 0 Å². The van der Waals surface area contributed by atoms with Crippen LogP contribution in [0, 0.1) is 5.92 Å². The van der Waals surface area contributed by atoms with E-state index in [2.05, 4.69) is 17.3 Å². The molecule has 1 saturated carbocycles. The van der Waals surface area contributed by atoms with Gasteiger partial charge < -0.3 is 21.1 Å². The average Bonchev–Trinajstić information content (AvgIpc) is 2.39. The summed E-state index contributed by atoms with van der Waals surface area (Å²) in [7, 11) is 2.10. The van der Waals surface area contributed by atoms with Gasteiger partial charge in [0.1, 0.15) is 0 Å². The quantitative estimate of drug-likeness (QED) is 0.678. The maximum atomic E-state index is 12.2. The molecular formula is C14H27N3O2. The number of nitrogens with zero attached hydrogens (tertiary/aromatic N) is 1. The van der Waals surface area contributed by atoms with E-state index in [1.54, 1.807) is 0 Å². The minimum absolute atomic E-state index is 0.0226. The van der Waals surface area contributed by atoms with Crippen molar-refractivity contribution in [3.63, 3.8) is 0 Å². The van der Waals surface area contributed by atoms with Crippen LogP contribution in [-0.2, 0) is 4.79 Å². The van der Waals surface area contributed by atoms with Gasteiger partial charge in [-0.1, -0.05) is 0 Å². The number of carbonyl (C=O) groups is 1. The van der Waals surface area contributed by atoms with Crippen molar-refractivity contribution in [2.24, 2.45) is 11.7 Å². The predicted molar refractivity (Wildman–Crippen MR) is 74.6 cm³/mol. The molecule has 110 valence electrons. The maximum absolute atomic E-state index is 12.2. The van der Waals surface area contributed by atoms with Gasteiger partial charge in [0.2, 0.25) is 5.91 Å². The third-order valence-electron chi connectivity index (χ3n) is 4.64. The van der Waals surface area contributed by atoms with Gasteiger partial charge in [0, 0.05) is 24.0 Å². The summed E-state index contributed by atoms with van der Waals surface area (Å²) in [5.74, 6) is 0.260. The lowest BCUT2D eigenvalue weighted by Gasteiger charge is -2.36. The van der Waals surface area contributed by atoms with Crippen molar-refractivity contribution >= 4 is 5.91 Å². The Kier molecular flexibility index (Phi) is 4.81. The summed E-state index contributed by atoms with van der Waals surface area (Å²) in [5.41, 5.74) is 5.58. The first-order chi connectivity index (χ1) is 9.02. The summed E-state index contributed by atoms with van der Waals surface area (Å²) in [6.45, 7) is 2.10. The van der Waals surface area contributed by atoms with E-state index in [9.17, 15) is 9.90 Å². The SMILES string of the molecule is CN1CCCC(NC(=O)C2CCC(N)(CO)CC2)C1. The third-order valence-corrected chi connectivity index (χ3v) is 4.64. The molecule has 1 unspecified atom stereocenters. The second-order valence-corrected chi connectivity index (χ2v) is 6.40. The Balaban J connectivity index is 1.78. The van der Waals surface area contributed by atoms with Crippen LogP contribution < -0.4 is 11.1 Å². The second-order valence-electron chi connectivity index (χ2n) is 6.40. The number of piperidine rings is 1. The molecule has 0 bridgehead atoms. The molecule has 1 saturated heterocycles. The van der Waals surface area contributed by atoms with Crippen LogP contribution in [0.2, 0.25) is 0 Å². The first-order valence-electron chi connectivity index (χ1n) is 7.41. The van der Waals surface area contributed by atoms with Gasteiger partial charge in [-0.3, -0.25) is 4.79 Å². The van der Waals surface area contributed by atoms with Crippen LogP contribution in [0.3, 0.4) is 0 Å². The Morgan fingerprint density at radius 1 is 1.42 bits per heavy atom. The van der Waals surface area contributed by atoms with Crippen LogP contribution in [0.1, 0.15) is 38.5 Å². The molecule has 19 heavy (non-hydrogen) atoms. The molecule has 1 atom stereocenters. The number of rotatable bonds is 3. The third kappa shape index (κ3) is 3.91. The van der Waals surface area contributed by atoms with Crippen LogP contribution in [0.5, 0.6) is 0 Å². The van der Waals surface area contributed by atoms with Gasteiger partial charge in [-0.05, 0) is 52.1 Å². The average molecular weight is 269 g/mol. The van der Waals surface area contributed by atoms with Crippen molar-refractivity contribution in [2.75, 3.05) is 26.7 Å². The van der Waals surface area contributed by atoms with Crippen molar-refractivity contribution in [2.45, 2.75) is 50.1 Å². The number of nitrogens with one attached hydrogen (secondary N) is 1. The van der Waals surface area contributed by atoms with Crippen LogP contribution in [0.15, 0.2) is 0 Å². The molecule has 0 aromatic heterocycles. The second kappa shape index (κ2) is 6.20. The summed E-state index contributed by atoms with van der Waals surface area (Å²) < 4.78 is 0. The molecule has 4 N–H and O–H groups in total. The van der Waals surface area contributed by atoms with Crippen LogP contribution in [0.4, 0.5) is 0 Å². The van der Waals surface area contributed by atoms with Crippen molar-refractivity contribution in [1.29, 1.82) is 0 Å². The van der Waals surface area contributed by atoms with E-state index in [0.29, 0.717) is 6.04 Å². The molecule has 1 aliphatic heterocycles. The molecular weight excluding hydrogens is 242 g/mol. The molecule has 1 heterocycles. The maximum Gasteiger partial charge on any atom is 0.223 e. The number of nitrogens with two attached hydrogens (primary N) is 1. The van der Waals surface area contributed by atoms with E-state index in [0.717, 1.165) is 51.6 Å². The molecule has 0 aromatic rings. The summed E-state index contributed by atoms with van der Waals surface area (Å²) in [5, 5.41) is 12.4. The van der Waals surface area contributed by atoms with Crippen molar-refractivity contribution in [3.05, 3.63) is 0 Å². The highest BCUT2D eigenvalue weighted by Gasteiger charge is 2.34. The van der Waals surface area contributed by atoms with Gasteiger partial charge in [0.15, 0.2) is 0 Å². The Bertz CT molecular complexity index is 314. The lowest BCUT2D eigenvalue weighted by molar-refractivity contribution is -0.127. The van der Waals surface area contributed by atoms with Crippen molar-refractivity contribution < 1.29 is 9.90 Å². The van der Waals surface area contributed by atoms with Gasteiger partial charge in [0.05, 0.1) is 6.61 Å². The number of hydrogen-bond donors (Lipinski definition) is 3. The minimum Gasteiger partial charge on any atom is -0.394 e. The fourth-order valence-corrected chi connectivity index (χ4v) is 3.22. The molecule has 1 amide bonds. The Morgan fingerprint density at radius 3 is 2.68 bits per heavy atom. The van der Waals surface area contributed by atoms with Gasteiger partial charge in [0.25, 0.3) is 0 Å². The van der Waals surface area contributed by atoms with Crippen LogP contribution in [-0.4, -0.2) is 54.2 Å². The number of aliphatic hydroxyl groups excluding tert-OH is 1. The van der Waals surface area contributed by atoms with Gasteiger partial charge in [-0.2, -0.15) is 0 Å². The zero-order valence-corrected chi connectivity index (χ0v) is 11.9. The van der Waals surface area contributed by atoms with E-state index < -0.39 is 5.54 Å². The Labute approximate surface area is 115 Å². The van der Waals surface area contributed by atoms with E-state index in [1.165, 1.54) is 0 Å². The summed E-state index contributed by atoms with van der Waals surface area (Å²) in [6, 6.07) is 0.300. The number of amides is 1. The fraction of sp³-hybridized carbons (Fsp3) is 0.929. The topological polar surface area (TPSA) is 78.6 Å². The molecule has 2 aliphatic rings. The largest absolute Gasteiger partial charge is 0.394 e. The standard InChI is InChI=1S/C14H27N3O2/c1-17-8-2-3-12(9-17)16-13(19)11-4-6-14(15,10-18)7-5-11/h11-12,18H,2-10,15H2,1H3,(H,16,19). The lowest BCUT2D eigenvalue weighted by Crippen LogP contribution is -2.51. The molecule has 2 rings (SSSR count). The normalized spacial score (nSPS) is 37.0. The molecule has 0 radical (unpaired) electrons. The number of likely N-dealkylation sites (tertiary alicyclic amines) is 1. The van der Waals surface area contributed by atoms with Crippen LogP contribution >= 0.6 is 0 Å². The molecule has 0 spiro atoms. The number of likely N-dealkylation sites (N-methyl/N-ethyl adjacent to an activating group) is 1. The molecule has 2 fully saturated rings. The van der Waals surface area contributed by atoms with E-state index >= 15 is 0 Å². The monoisotopic (exact) mass is 269 g/mol. The van der Waals surface area contributed by atoms with E-state index in [-0.39, 0.29) is 18.4 Å². The summed E-state index contributed by atoms with van der Waals surface area (Å²) in [6.07, 6.45) is 5.32. The summed E-state index contributed by atoms with van der Waals surface area (Å²) >= 11 is 0. The smallest absolute Gasteiger partial charge is 0.223 e. The van der Waals surface area contributed by atoms with Crippen LogP contribution in [0.25, 0.3) is 0 Å². The van der Waals surface area contributed by atoms with E-state index in [1.807, 2.05) is 0 Å². The van der Waals surface area contributed by atoms with E-state index in [4.69, 9.17) is 5.73 Å². The molecule has 5 nitrogen and oxygen atoms in total. The highest BCUT2D eigenvalue weighted by molar-refractivity contribution is 5.79. The first-order valence-corrected chi connectivity index (χ1v) is 7.41.